The van der Waals surface area contributed by atoms with Gasteiger partial charge in [0, 0.05) is 39.4 Å². The summed E-state index contributed by atoms with van der Waals surface area (Å²) >= 11 is 0. The van der Waals surface area contributed by atoms with Gasteiger partial charge in [-0.05, 0) is 104 Å². The molecule has 0 N–H and O–H groups in total. The molecule has 0 aliphatic heterocycles. The Kier molecular flexibility index (Phi) is 6.49. The maximum absolute atomic E-state index is 6.32. The van der Waals surface area contributed by atoms with Gasteiger partial charge < -0.3 is 9.32 Å². The molecule has 0 saturated heterocycles. The Morgan fingerprint density at radius 1 is 0.380 bits per heavy atom. The van der Waals surface area contributed by atoms with Crippen LogP contribution in [0.25, 0.3) is 76.6 Å². The van der Waals surface area contributed by atoms with Crippen LogP contribution < -0.4 is 4.90 Å². The Labute approximate surface area is 289 Å². The number of rotatable bonds is 5. The van der Waals surface area contributed by atoms with Crippen LogP contribution in [-0.4, -0.2) is 4.98 Å². The molecular weight excluding hydrogens is 609 g/mol. The van der Waals surface area contributed by atoms with E-state index in [1.54, 1.807) is 0 Å². The number of fused-ring (bicyclic) bond motifs is 8. The summed E-state index contributed by atoms with van der Waals surface area (Å²) in [5.74, 6) is 0. The summed E-state index contributed by atoms with van der Waals surface area (Å²) < 4.78 is 6.32. The smallest absolute Gasteiger partial charge is 0.161 e. The van der Waals surface area contributed by atoms with Crippen molar-refractivity contribution in [2.75, 3.05) is 4.90 Å². The lowest BCUT2D eigenvalue weighted by Gasteiger charge is -2.26. The van der Waals surface area contributed by atoms with Crippen LogP contribution >= 0.6 is 0 Å². The highest BCUT2D eigenvalue weighted by molar-refractivity contribution is 6.13. The molecule has 2 heterocycles. The quantitative estimate of drug-likeness (QED) is 0.176. The molecule has 3 nitrogen and oxygen atoms in total. The largest absolute Gasteiger partial charge is 0.454 e. The molecule has 2 aromatic heterocycles. The first kappa shape index (κ1) is 28.3. The predicted molar refractivity (Wildman–Crippen MR) is 210 cm³/mol. The van der Waals surface area contributed by atoms with Gasteiger partial charge >= 0.3 is 0 Å². The fraction of sp³-hybridized carbons (Fsp3) is 0. The van der Waals surface area contributed by atoms with Gasteiger partial charge in [0.25, 0.3) is 0 Å². The van der Waals surface area contributed by atoms with Gasteiger partial charge in [-0.25, -0.2) is 0 Å². The zero-order valence-corrected chi connectivity index (χ0v) is 27.1. The van der Waals surface area contributed by atoms with Crippen molar-refractivity contribution < 1.29 is 4.42 Å². The van der Waals surface area contributed by atoms with E-state index in [-0.39, 0.29) is 0 Å². The van der Waals surface area contributed by atoms with Crippen molar-refractivity contribution in [2.24, 2.45) is 0 Å². The molecule has 8 aromatic carbocycles. The maximum Gasteiger partial charge on any atom is 0.161 e. The normalized spacial score (nSPS) is 11.6. The van der Waals surface area contributed by atoms with Gasteiger partial charge in [-0.15, -0.1) is 0 Å². The Morgan fingerprint density at radius 3 is 1.74 bits per heavy atom. The van der Waals surface area contributed by atoms with Crippen LogP contribution in [0.4, 0.5) is 17.1 Å². The minimum absolute atomic E-state index is 0.821. The summed E-state index contributed by atoms with van der Waals surface area (Å²) in [6.07, 6.45) is 1.96. The van der Waals surface area contributed by atoms with E-state index in [9.17, 15) is 0 Å². The lowest BCUT2D eigenvalue weighted by Crippen LogP contribution is -2.09. The van der Waals surface area contributed by atoms with E-state index in [1.807, 2.05) is 24.4 Å². The van der Waals surface area contributed by atoms with E-state index in [4.69, 9.17) is 9.40 Å². The highest BCUT2D eigenvalue weighted by atomic mass is 16.3. The monoisotopic (exact) mass is 638 g/mol. The molecule has 0 saturated carbocycles. The van der Waals surface area contributed by atoms with Gasteiger partial charge in [0.15, 0.2) is 5.58 Å². The highest BCUT2D eigenvalue weighted by Crippen LogP contribution is 2.40. The van der Waals surface area contributed by atoms with Crippen molar-refractivity contribution in [3.8, 4) is 22.3 Å². The molecule has 0 unspecified atom stereocenters. The van der Waals surface area contributed by atoms with Crippen molar-refractivity contribution in [3.05, 3.63) is 182 Å². The zero-order chi connectivity index (χ0) is 33.0. The third-order valence-electron chi connectivity index (χ3n) is 9.88. The van der Waals surface area contributed by atoms with Gasteiger partial charge in [-0.1, -0.05) is 115 Å². The molecule has 0 bridgehead atoms. The van der Waals surface area contributed by atoms with Crippen LogP contribution in [0.5, 0.6) is 0 Å². The third kappa shape index (κ3) is 4.71. The lowest BCUT2D eigenvalue weighted by atomic mass is 9.97. The average Bonchev–Trinajstić information content (AvgIpc) is 3.58. The summed E-state index contributed by atoms with van der Waals surface area (Å²) in [6.45, 7) is 0. The van der Waals surface area contributed by atoms with Gasteiger partial charge in [0.05, 0.1) is 0 Å². The minimum Gasteiger partial charge on any atom is -0.454 e. The zero-order valence-electron chi connectivity index (χ0n) is 27.1. The molecule has 10 rings (SSSR count). The van der Waals surface area contributed by atoms with Crippen LogP contribution in [-0.2, 0) is 0 Å². The van der Waals surface area contributed by atoms with E-state index < -0.39 is 0 Å². The Bertz CT molecular complexity index is 2850. The van der Waals surface area contributed by atoms with Gasteiger partial charge in [-0.3, -0.25) is 4.98 Å². The maximum atomic E-state index is 6.32. The fourth-order valence-corrected chi connectivity index (χ4v) is 7.34. The first-order valence-corrected chi connectivity index (χ1v) is 16.9. The molecule has 0 atom stereocenters. The molecular formula is C47H30N2O. The lowest BCUT2D eigenvalue weighted by molar-refractivity contribution is 0.672. The molecule has 0 radical (unpaired) electrons. The molecule has 50 heavy (non-hydrogen) atoms. The number of anilines is 3. The van der Waals surface area contributed by atoms with Crippen LogP contribution in [0.1, 0.15) is 0 Å². The molecule has 0 fully saturated rings. The topological polar surface area (TPSA) is 29.3 Å². The van der Waals surface area contributed by atoms with Crippen molar-refractivity contribution in [1.82, 2.24) is 4.98 Å². The summed E-state index contributed by atoms with van der Waals surface area (Å²) in [4.78, 5) is 7.18. The SMILES string of the molecule is c1ccc(-c2ccc(N(c3ccc(-c4ccc5ccc6ccccc6c5c4)cc3)c3ccc4c(cnc5c6ccccc6oc45)c3)cc2)cc1. The summed E-state index contributed by atoms with van der Waals surface area (Å²) in [5, 5.41) is 8.17. The predicted octanol–water partition coefficient (Wildman–Crippen LogP) is 13.2. The minimum atomic E-state index is 0.821. The third-order valence-corrected chi connectivity index (χ3v) is 9.88. The number of aromatic nitrogens is 1. The standard InChI is InChI=1S/C47H30N2O/c1-2-8-31(9-3-1)32-18-22-38(23-19-32)49(40-26-27-42-37(28-40)30-48-46-43-12-6-7-13-45(43)50-47(42)46)39-24-20-33(21-25-39)36-17-16-35-15-14-34-10-4-5-11-41(34)44(35)29-36/h1-30H. The van der Waals surface area contributed by atoms with Crippen molar-refractivity contribution >= 4 is 71.4 Å². The van der Waals surface area contributed by atoms with Crippen molar-refractivity contribution in [2.45, 2.75) is 0 Å². The number of nitrogens with zero attached hydrogens (tertiary/aromatic N) is 2. The number of benzene rings is 8. The van der Waals surface area contributed by atoms with Crippen LogP contribution in [0, 0.1) is 0 Å². The Morgan fingerprint density at radius 2 is 0.960 bits per heavy atom. The number of pyridine rings is 1. The molecule has 3 heteroatoms. The van der Waals surface area contributed by atoms with E-state index in [1.165, 1.54) is 43.8 Å². The molecule has 0 spiro atoms. The number of furan rings is 1. The van der Waals surface area contributed by atoms with Crippen LogP contribution in [0.3, 0.4) is 0 Å². The summed E-state index contributed by atoms with van der Waals surface area (Å²) in [7, 11) is 0. The first-order valence-electron chi connectivity index (χ1n) is 16.9. The molecule has 0 aliphatic rings. The summed E-state index contributed by atoms with van der Waals surface area (Å²) in [5.41, 5.74) is 10.5. The fourth-order valence-electron chi connectivity index (χ4n) is 7.34. The second kappa shape index (κ2) is 11.5. The first-order chi connectivity index (χ1) is 24.8. The Hall–Kier alpha value is -6.71. The van der Waals surface area contributed by atoms with E-state index in [0.29, 0.717) is 0 Å². The highest BCUT2D eigenvalue weighted by Gasteiger charge is 2.17. The van der Waals surface area contributed by atoms with Crippen molar-refractivity contribution in [3.63, 3.8) is 0 Å². The molecule has 234 valence electrons. The molecule has 10 aromatic rings. The number of hydrogen-bond acceptors (Lipinski definition) is 3. The van der Waals surface area contributed by atoms with Crippen molar-refractivity contribution in [1.29, 1.82) is 0 Å². The second-order valence-electron chi connectivity index (χ2n) is 12.8. The Balaban J connectivity index is 1.08. The van der Waals surface area contributed by atoms with Crippen LogP contribution in [0.15, 0.2) is 187 Å². The van der Waals surface area contributed by atoms with Crippen LogP contribution in [0.2, 0.25) is 0 Å². The molecule has 0 amide bonds. The van der Waals surface area contributed by atoms with E-state index in [0.717, 1.165) is 49.9 Å². The van der Waals surface area contributed by atoms with Gasteiger partial charge in [0.1, 0.15) is 11.1 Å². The molecule has 0 aliphatic carbocycles. The number of hydrogen-bond donors (Lipinski definition) is 0. The summed E-state index contributed by atoms with van der Waals surface area (Å²) in [6, 6.07) is 62.7. The van der Waals surface area contributed by atoms with E-state index >= 15 is 0 Å². The van der Waals surface area contributed by atoms with Gasteiger partial charge in [0.2, 0.25) is 0 Å². The second-order valence-corrected chi connectivity index (χ2v) is 12.8. The average molecular weight is 639 g/mol. The van der Waals surface area contributed by atoms with Gasteiger partial charge in [-0.2, -0.15) is 0 Å². The number of para-hydroxylation sites is 1. The van der Waals surface area contributed by atoms with E-state index in [2.05, 4.69) is 163 Å².